The van der Waals surface area contributed by atoms with Crippen LogP contribution in [0.5, 0.6) is 0 Å². The van der Waals surface area contributed by atoms with Gasteiger partial charge in [0, 0.05) is 33.3 Å². The maximum absolute atomic E-state index is 11.2. The summed E-state index contributed by atoms with van der Waals surface area (Å²) in [6.45, 7) is 0.922. The first-order chi connectivity index (χ1) is 6.63. The van der Waals surface area contributed by atoms with Gasteiger partial charge in [-0.1, -0.05) is 5.21 Å². The van der Waals surface area contributed by atoms with Crippen molar-refractivity contribution in [3.05, 3.63) is 11.9 Å². The van der Waals surface area contributed by atoms with Crippen LogP contribution in [0.2, 0.25) is 0 Å². The lowest BCUT2D eigenvalue weighted by atomic mass is 10.4. The van der Waals surface area contributed by atoms with E-state index in [9.17, 15) is 4.79 Å². The summed E-state index contributed by atoms with van der Waals surface area (Å²) in [4.78, 5) is 12.8. The third-order valence-corrected chi connectivity index (χ3v) is 1.85. The Kier molecular flexibility index (Phi) is 3.58. The van der Waals surface area contributed by atoms with Gasteiger partial charge in [0.05, 0.1) is 12.2 Å². The monoisotopic (exact) mass is 197 g/mol. The van der Waals surface area contributed by atoms with E-state index >= 15 is 0 Å². The topological polar surface area (TPSA) is 77.0 Å². The molecule has 0 fully saturated rings. The van der Waals surface area contributed by atoms with E-state index in [1.54, 1.807) is 29.9 Å². The summed E-state index contributed by atoms with van der Waals surface area (Å²) in [6.07, 6.45) is 2.18. The van der Waals surface area contributed by atoms with Crippen LogP contribution in [0, 0.1) is 0 Å². The Hall–Kier alpha value is -1.43. The Bertz CT molecular complexity index is 306. The minimum absolute atomic E-state index is 0.0785. The molecule has 0 spiro atoms. The van der Waals surface area contributed by atoms with Gasteiger partial charge in [0.25, 0.3) is 0 Å². The van der Waals surface area contributed by atoms with Crippen molar-refractivity contribution in [3.8, 4) is 0 Å². The second-order valence-corrected chi connectivity index (χ2v) is 3.22. The van der Waals surface area contributed by atoms with Gasteiger partial charge in [0.1, 0.15) is 0 Å². The number of carbonyl (C=O) groups excluding carboxylic acids is 1. The van der Waals surface area contributed by atoms with Gasteiger partial charge in [-0.05, 0) is 0 Å². The summed E-state index contributed by atoms with van der Waals surface area (Å²) in [5, 5.41) is 7.65. The van der Waals surface area contributed by atoms with E-state index in [0.29, 0.717) is 19.5 Å². The molecule has 1 heterocycles. The molecule has 0 aliphatic rings. The van der Waals surface area contributed by atoms with Gasteiger partial charge in [0.15, 0.2) is 0 Å². The van der Waals surface area contributed by atoms with Crippen LogP contribution in [0.15, 0.2) is 6.20 Å². The fourth-order valence-electron chi connectivity index (χ4n) is 0.975. The number of nitrogens with zero attached hydrogens (tertiary/aromatic N) is 4. The first kappa shape index (κ1) is 10.6. The third kappa shape index (κ3) is 2.81. The van der Waals surface area contributed by atoms with Crippen LogP contribution in [0.4, 0.5) is 0 Å². The molecule has 1 amide bonds. The van der Waals surface area contributed by atoms with Crippen LogP contribution < -0.4 is 5.73 Å². The van der Waals surface area contributed by atoms with E-state index in [1.165, 1.54) is 0 Å². The summed E-state index contributed by atoms with van der Waals surface area (Å²) < 4.78 is 1.63. The second kappa shape index (κ2) is 4.71. The highest BCUT2D eigenvalue weighted by molar-refractivity contribution is 5.75. The molecule has 6 heteroatoms. The fraction of sp³-hybridized carbons (Fsp3) is 0.625. The normalized spacial score (nSPS) is 10.2. The molecule has 1 aromatic heterocycles. The van der Waals surface area contributed by atoms with Gasteiger partial charge in [-0.3, -0.25) is 9.48 Å². The number of aromatic nitrogens is 3. The lowest BCUT2D eigenvalue weighted by Gasteiger charge is -2.09. The van der Waals surface area contributed by atoms with Gasteiger partial charge in [-0.15, -0.1) is 5.10 Å². The first-order valence-corrected chi connectivity index (χ1v) is 4.42. The maximum Gasteiger partial charge on any atom is 0.223 e. The van der Waals surface area contributed by atoms with Crippen LogP contribution >= 0.6 is 0 Å². The van der Waals surface area contributed by atoms with Crippen molar-refractivity contribution in [2.45, 2.75) is 19.5 Å². The third-order valence-electron chi connectivity index (χ3n) is 1.85. The largest absolute Gasteiger partial charge is 0.349 e. The smallest absolute Gasteiger partial charge is 0.223 e. The van der Waals surface area contributed by atoms with Crippen molar-refractivity contribution in [2.75, 3.05) is 14.1 Å². The molecule has 0 saturated heterocycles. The molecule has 2 N–H and O–H groups in total. The molecule has 0 radical (unpaired) electrons. The molecule has 78 valence electrons. The zero-order valence-corrected chi connectivity index (χ0v) is 8.47. The fourth-order valence-corrected chi connectivity index (χ4v) is 0.975. The summed E-state index contributed by atoms with van der Waals surface area (Å²) in [7, 11) is 3.46. The Balaban J connectivity index is 2.41. The van der Waals surface area contributed by atoms with Crippen LogP contribution in [-0.2, 0) is 17.9 Å². The van der Waals surface area contributed by atoms with Crippen molar-refractivity contribution < 1.29 is 4.79 Å². The van der Waals surface area contributed by atoms with Gasteiger partial charge < -0.3 is 10.6 Å². The van der Waals surface area contributed by atoms with Crippen molar-refractivity contribution in [1.29, 1.82) is 0 Å². The molecule has 1 rings (SSSR count). The van der Waals surface area contributed by atoms with E-state index < -0.39 is 0 Å². The van der Waals surface area contributed by atoms with Gasteiger partial charge in [-0.25, -0.2) is 0 Å². The molecular formula is C8H15N5O. The van der Waals surface area contributed by atoms with Crippen LogP contribution in [0.25, 0.3) is 0 Å². The van der Waals surface area contributed by atoms with Crippen molar-refractivity contribution in [2.24, 2.45) is 5.73 Å². The SMILES string of the molecule is CN(C)C(=O)CCn1cc(CN)nn1. The number of hydrogen-bond acceptors (Lipinski definition) is 4. The minimum atomic E-state index is 0.0785. The van der Waals surface area contributed by atoms with E-state index in [-0.39, 0.29) is 5.91 Å². The average Bonchev–Trinajstić information content (AvgIpc) is 2.61. The average molecular weight is 197 g/mol. The Morgan fingerprint density at radius 2 is 2.36 bits per heavy atom. The maximum atomic E-state index is 11.2. The Morgan fingerprint density at radius 1 is 1.64 bits per heavy atom. The van der Waals surface area contributed by atoms with E-state index in [0.717, 1.165) is 5.69 Å². The van der Waals surface area contributed by atoms with Gasteiger partial charge in [-0.2, -0.15) is 0 Å². The zero-order chi connectivity index (χ0) is 10.6. The molecular weight excluding hydrogens is 182 g/mol. The standard InChI is InChI=1S/C8H15N5O/c1-12(2)8(14)3-4-13-6-7(5-9)10-11-13/h6H,3-5,9H2,1-2H3. The van der Waals surface area contributed by atoms with E-state index in [1.807, 2.05) is 0 Å². The summed E-state index contributed by atoms with van der Waals surface area (Å²) in [5.41, 5.74) is 6.11. The molecule has 14 heavy (non-hydrogen) atoms. The number of carbonyl (C=O) groups is 1. The van der Waals surface area contributed by atoms with Crippen molar-refractivity contribution in [3.63, 3.8) is 0 Å². The number of amides is 1. The van der Waals surface area contributed by atoms with Crippen molar-refractivity contribution >= 4 is 5.91 Å². The van der Waals surface area contributed by atoms with Gasteiger partial charge >= 0.3 is 0 Å². The predicted octanol–water partition coefficient (Wildman–Crippen LogP) is -0.785. The highest BCUT2D eigenvalue weighted by Crippen LogP contribution is 1.95. The zero-order valence-electron chi connectivity index (χ0n) is 8.47. The van der Waals surface area contributed by atoms with E-state index in [2.05, 4.69) is 10.3 Å². The first-order valence-electron chi connectivity index (χ1n) is 4.42. The lowest BCUT2D eigenvalue weighted by molar-refractivity contribution is -0.128. The highest BCUT2D eigenvalue weighted by atomic mass is 16.2. The molecule has 0 atom stereocenters. The summed E-state index contributed by atoms with van der Waals surface area (Å²) in [5.74, 6) is 0.0785. The lowest BCUT2D eigenvalue weighted by Crippen LogP contribution is -2.23. The van der Waals surface area contributed by atoms with E-state index in [4.69, 9.17) is 5.73 Å². The Morgan fingerprint density at radius 3 is 2.86 bits per heavy atom. The number of rotatable bonds is 4. The molecule has 0 aromatic carbocycles. The van der Waals surface area contributed by atoms with Gasteiger partial charge in [0.2, 0.25) is 5.91 Å². The molecule has 0 saturated carbocycles. The molecule has 0 aliphatic heterocycles. The highest BCUT2D eigenvalue weighted by Gasteiger charge is 2.05. The van der Waals surface area contributed by atoms with Crippen LogP contribution in [-0.4, -0.2) is 39.9 Å². The molecule has 1 aromatic rings. The quantitative estimate of drug-likeness (QED) is 0.686. The summed E-state index contributed by atoms with van der Waals surface area (Å²) >= 11 is 0. The number of aryl methyl sites for hydroxylation is 1. The molecule has 6 nitrogen and oxygen atoms in total. The number of nitrogens with two attached hydrogens (primary N) is 1. The molecule has 0 bridgehead atoms. The number of hydrogen-bond donors (Lipinski definition) is 1. The van der Waals surface area contributed by atoms with Crippen LogP contribution in [0.3, 0.4) is 0 Å². The van der Waals surface area contributed by atoms with Crippen molar-refractivity contribution in [1.82, 2.24) is 19.9 Å². The summed E-state index contributed by atoms with van der Waals surface area (Å²) in [6, 6.07) is 0. The molecule has 0 unspecified atom stereocenters. The minimum Gasteiger partial charge on any atom is -0.349 e. The van der Waals surface area contributed by atoms with Crippen LogP contribution in [0.1, 0.15) is 12.1 Å². The second-order valence-electron chi connectivity index (χ2n) is 3.22. The Labute approximate surface area is 82.7 Å². The molecule has 0 aliphatic carbocycles. The predicted molar refractivity (Wildman–Crippen MR) is 51.2 cm³/mol.